The average Bonchev–Trinajstić information content (AvgIpc) is 2.44. The summed E-state index contributed by atoms with van der Waals surface area (Å²) >= 11 is 5.73. The molecule has 1 heterocycles. The molecule has 1 N–H and O–H groups in total. The molecule has 0 atom stereocenters. The van der Waals surface area contributed by atoms with Gasteiger partial charge in [0, 0.05) is 18.0 Å². The van der Waals surface area contributed by atoms with E-state index in [0.717, 1.165) is 17.5 Å². The third-order valence-electron chi connectivity index (χ3n) is 1.94. The van der Waals surface area contributed by atoms with E-state index in [4.69, 9.17) is 16.0 Å². The van der Waals surface area contributed by atoms with Crippen molar-refractivity contribution in [1.29, 1.82) is 0 Å². The predicted molar refractivity (Wildman–Crippen MR) is 54.0 cm³/mol. The molecule has 0 radical (unpaired) electrons. The summed E-state index contributed by atoms with van der Waals surface area (Å²) in [4.78, 5) is 0. The number of furan rings is 1. The number of benzene rings is 1. The highest BCUT2D eigenvalue weighted by Crippen LogP contribution is 2.23. The van der Waals surface area contributed by atoms with Gasteiger partial charge in [0.25, 0.3) is 0 Å². The van der Waals surface area contributed by atoms with E-state index in [0.29, 0.717) is 5.22 Å². The highest BCUT2D eigenvalue weighted by atomic mass is 35.5. The van der Waals surface area contributed by atoms with Crippen LogP contribution in [0.3, 0.4) is 0 Å². The van der Waals surface area contributed by atoms with Crippen LogP contribution in [-0.4, -0.2) is 7.05 Å². The zero-order chi connectivity index (χ0) is 9.26. The lowest BCUT2D eigenvalue weighted by atomic mass is 10.2. The fraction of sp³-hybridized carbons (Fsp3) is 0.200. The lowest BCUT2D eigenvalue weighted by Gasteiger charge is -1.98. The summed E-state index contributed by atoms with van der Waals surface area (Å²) in [6.45, 7) is 0.842. The van der Waals surface area contributed by atoms with Crippen molar-refractivity contribution in [2.45, 2.75) is 6.54 Å². The molecule has 0 bridgehead atoms. The Morgan fingerprint density at radius 2 is 2.23 bits per heavy atom. The van der Waals surface area contributed by atoms with E-state index in [9.17, 15) is 0 Å². The van der Waals surface area contributed by atoms with Crippen LogP contribution in [0.15, 0.2) is 28.7 Å². The standard InChI is InChI=1S/C10H10ClNO/c1-12-6-7-2-3-8-5-10(11)13-9(8)4-7/h2-5,12H,6H2,1H3. The van der Waals surface area contributed by atoms with Gasteiger partial charge in [0.1, 0.15) is 5.58 Å². The molecular formula is C10H10ClNO. The predicted octanol–water partition coefficient (Wildman–Crippen LogP) is 2.81. The van der Waals surface area contributed by atoms with E-state index in [1.54, 1.807) is 0 Å². The first-order valence-electron chi connectivity index (χ1n) is 4.12. The molecule has 0 spiro atoms. The van der Waals surface area contributed by atoms with Gasteiger partial charge in [-0.15, -0.1) is 0 Å². The molecule has 2 nitrogen and oxygen atoms in total. The van der Waals surface area contributed by atoms with Crippen molar-refractivity contribution in [2.24, 2.45) is 0 Å². The molecule has 68 valence electrons. The van der Waals surface area contributed by atoms with Crippen LogP contribution in [-0.2, 0) is 6.54 Å². The molecule has 0 aliphatic heterocycles. The average molecular weight is 196 g/mol. The topological polar surface area (TPSA) is 25.2 Å². The molecule has 0 amide bonds. The Hall–Kier alpha value is -0.990. The maximum Gasteiger partial charge on any atom is 0.194 e. The van der Waals surface area contributed by atoms with E-state index in [-0.39, 0.29) is 0 Å². The minimum Gasteiger partial charge on any atom is -0.445 e. The fourth-order valence-electron chi connectivity index (χ4n) is 1.36. The Bertz CT molecular complexity index is 422. The van der Waals surface area contributed by atoms with E-state index in [2.05, 4.69) is 11.4 Å². The minimum absolute atomic E-state index is 0.441. The summed E-state index contributed by atoms with van der Waals surface area (Å²) in [5, 5.41) is 4.57. The molecule has 0 fully saturated rings. The van der Waals surface area contributed by atoms with Crippen molar-refractivity contribution < 1.29 is 4.42 Å². The van der Waals surface area contributed by atoms with Crippen LogP contribution in [0, 0.1) is 0 Å². The van der Waals surface area contributed by atoms with Gasteiger partial charge in [-0.1, -0.05) is 12.1 Å². The number of fused-ring (bicyclic) bond motifs is 1. The molecule has 1 aromatic carbocycles. The van der Waals surface area contributed by atoms with Crippen molar-refractivity contribution in [3.05, 3.63) is 35.0 Å². The van der Waals surface area contributed by atoms with Gasteiger partial charge in [0.2, 0.25) is 0 Å². The van der Waals surface area contributed by atoms with Crippen LogP contribution in [0.5, 0.6) is 0 Å². The number of hydrogen-bond acceptors (Lipinski definition) is 2. The Balaban J connectivity index is 2.48. The third-order valence-corrected chi connectivity index (χ3v) is 2.12. The van der Waals surface area contributed by atoms with E-state index < -0.39 is 0 Å². The van der Waals surface area contributed by atoms with Crippen LogP contribution in [0.25, 0.3) is 11.0 Å². The second-order valence-electron chi connectivity index (χ2n) is 2.95. The second kappa shape index (κ2) is 3.40. The van der Waals surface area contributed by atoms with Gasteiger partial charge in [-0.2, -0.15) is 0 Å². The molecule has 0 aliphatic carbocycles. The van der Waals surface area contributed by atoms with Gasteiger partial charge in [0.15, 0.2) is 5.22 Å². The number of nitrogens with one attached hydrogen (secondary N) is 1. The summed E-state index contributed by atoms with van der Waals surface area (Å²) in [5.74, 6) is 0. The maximum absolute atomic E-state index is 5.73. The maximum atomic E-state index is 5.73. The zero-order valence-electron chi connectivity index (χ0n) is 7.30. The molecule has 13 heavy (non-hydrogen) atoms. The van der Waals surface area contributed by atoms with Crippen molar-refractivity contribution in [2.75, 3.05) is 7.05 Å². The zero-order valence-corrected chi connectivity index (χ0v) is 8.06. The molecule has 3 heteroatoms. The highest BCUT2D eigenvalue weighted by molar-refractivity contribution is 6.29. The second-order valence-corrected chi connectivity index (χ2v) is 3.33. The lowest BCUT2D eigenvalue weighted by Crippen LogP contribution is -2.04. The van der Waals surface area contributed by atoms with Crippen LogP contribution in [0.2, 0.25) is 5.22 Å². The van der Waals surface area contributed by atoms with Gasteiger partial charge < -0.3 is 9.73 Å². The summed E-state index contributed by atoms with van der Waals surface area (Å²) in [5.41, 5.74) is 2.04. The van der Waals surface area contributed by atoms with Crippen molar-refractivity contribution in [3.8, 4) is 0 Å². The largest absolute Gasteiger partial charge is 0.445 e. The Kier molecular flexibility index (Phi) is 2.25. The van der Waals surface area contributed by atoms with Gasteiger partial charge in [-0.25, -0.2) is 0 Å². The number of halogens is 1. The first kappa shape index (κ1) is 8.60. The molecule has 2 aromatic rings. The summed E-state index contributed by atoms with van der Waals surface area (Å²) in [7, 11) is 1.92. The number of hydrogen-bond donors (Lipinski definition) is 1. The van der Waals surface area contributed by atoms with Crippen molar-refractivity contribution in [3.63, 3.8) is 0 Å². The van der Waals surface area contributed by atoms with Crippen molar-refractivity contribution >= 4 is 22.6 Å². The molecule has 1 aromatic heterocycles. The SMILES string of the molecule is CNCc1ccc2cc(Cl)oc2c1. The lowest BCUT2D eigenvalue weighted by molar-refractivity contribution is 0.617. The van der Waals surface area contributed by atoms with Gasteiger partial charge in [0.05, 0.1) is 0 Å². The van der Waals surface area contributed by atoms with Gasteiger partial charge in [-0.3, -0.25) is 0 Å². The summed E-state index contributed by atoms with van der Waals surface area (Å²) in [6.07, 6.45) is 0. The normalized spacial score (nSPS) is 10.9. The molecular weight excluding hydrogens is 186 g/mol. The fourth-order valence-corrected chi connectivity index (χ4v) is 1.56. The monoisotopic (exact) mass is 195 g/mol. The van der Waals surface area contributed by atoms with E-state index in [1.165, 1.54) is 5.56 Å². The highest BCUT2D eigenvalue weighted by Gasteiger charge is 2.01. The number of rotatable bonds is 2. The van der Waals surface area contributed by atoms with Crippen molar-refractivity contribution in [1.82, 2.24) is 5.32 Å². The summed E-state index contributed by atoms with van der Waals surface area (Å²) in [6, 6.07) is 7.89. The minimum atomic E-state index is 0.441. The smallest absolute Gasteiger partial charge is 0.194 e. The molecule has 0 saturated carbocycles. The van der Waals surface area contributed by atoms with E-state index >= 15 is 0 Å². The molecule has 2 rings (SSSR count). The molecule has 0 saturated heterocycles. The Labute approximate surface area is 81.5 Å². The Morgan fingerprint density at radius 1 is 1.38 bits per heavy atom. The molecule has 0 unspecified atom stereocenters. The van der Waals surface area contributed by atoms with Gasteiger partial charge >= 0.3 is 0 Å². The van der Waals surface area contributed by atoms with Crippen LogP contribution in [0.4, 0.5) is 0 Å². The summed E-state index contributed by atoms with van der Waals surface area (Å²) < 4.78 is 5.29. The quantitative estimate of drug-likeness (QED) is 0.797. The van der Waals surface area contributed by atoms with Gasteiger partial charge in [-0.05, 0) is 30.3 Å². The Morgan fingerprint density at radius 3 is 3.00 bits per heavy atom. The van der Waals surface area contributed by atoms with E-state index in [1.807, 2.05) is 25.2 Å². The first-order chi connectivity index (χ1) is 6.29. The molecule has 0 aliphatic rings. The first-order valence-corrected chi connectivity index (χ1v) is 4.50. The van der Waals surface area contributed by atoms with Crippen LogP contribution >= 0.6 is 11.6 Å². The third kappa shape index (κ3) is 1.69. The van der Waals surface area contributed by atoms with Crippen LogP contribution in [0.1, 0.15) is 5.56 Å². The van der Waals surface area contributed by atoms with Crippen LogP contribution < -0.4 is 5.32 Å².